The van der Waals surface area contributed by atoms with Crippen molar-refractivity contribution < 1.29 is 14.3 Å². The van der Waals surface area contributed by atoms with E-state index in [1.807, 2.05) is 30.1 Å². The van der Waals surface area contributed by atoms with Crippen molar-refractivity contribution in [3.8, 4) is 11.5 Å². The van der Waals surface area contributed by atoms with Gasteiger partial charge in [-0.1, -0.05) is 17.7 Å². The van der Waals surface area contributed by atoms with Gasteiger partial charge < -0.3 is 14.8 Å². The predicted molar refractivity (Wildman–Crippen MR) is 93.8 cm³/mol. The number of nitrogens with one attached hydrogen (secondary N) is 1. The van der Waals surface area contributed by atoms with Gasteiger partial charge in [0.15, 0.2) is 11.5 Å². The Kier molecular flexibility index (Phi) is 5.23. The average Bonchev–Trinajstić information content (AvgIpc) is 2.56. The van der Waals surface area contributed by atoms with Crippen molar-refractivity contribution in [1.82, 2.24) is 4.90 Å². The van der Waals surface area contributed by atoms with Crippen LogP contribution in [0.5, 0.6) is 11.5 Å². The van der Waals surface area contributed by atoms with Gasteiger partial charge in [0, 0.05) is 17.3 Å². The van der Waals surface area contributed by atoms with Gasteiger partial charge in [-0.25, -0.2) is 0 Å². The molecule has 24 heavy (non-hydrogen) atoms. The molecular formula is C18H19ClN2O3. The number of carbonyl (C=O) groups is 1. The second-order valence-corrected chi connectivity index (χ2v) is 6.14. The molecule has 0 saturated heterocycles. The molecule has 0 aliphatic carbocycles. The molecule has 6 heteroatoms. The second kappa shape index (κ2) is 7.55. The lowest BCUT2D eigenvalue weighted by molar-refractivity contribution is -0.117. The van der Waals surface area contributed by atoms with Gasteiger partial charge >= 0.3 is 0 Å². The Morgan fingerprint density at radius 2 is 1.83 bits per heavy atom. The maximum absolute atomic E-state index is 12.1. The van der Waals surface area contributed by atoms with E-state index in [1.165, 1.54) is 0 Å². The van der Waals surface area contributed by atoms with Gasteiger partial charge in [-0.3, -0.25) is 9.69 Å². The molecule has 1 aliphatic rings. The highest BCUT2D eigenvalue weighted by Crippen LogP contribution is 2.31. The molecule has 0 bridgehead atoms. The molecule has 1 aliphatic heterocycles. The number of amides is 1. The lowest BCUT2D eigenvalue weighted by Gasteiger charge is -2.21. The molecule has 0 spiro atoms. The summed E-state index contributed by atoms with van der Waals surface area (Å²) >= 11 is 5.83. The Balaban J connectivity index is 1.54. The first kappa shape index (κ1) is 16.6. The topological polar surface area (TPSA) is 50.8 Å². The van der Waals surface area contributed by atoms with Crippen LogP contribution < -0.4 is 14.8 Å². The van der Waals surface area contributed by atoms with E-state index in [1.54, 1.807) is 24.3 Å². The van der Waals surface area contributed by atoms with Crippen LogP contribution in [0.15, 0.2) is 42.5 Å². The largest absolute Gasteiger partial charge is 0.486 e. The highest BCUT2D eigenvalue weighted by molar-refractivity contribution is 6.30. The molecule has 1 amide bonds. The van der Waals surface area contributed by atoms with E-state index >= 15 is 0 Å². The van der Waals surface area contributed by atoms with E-state index in [2.05, 4.69) is 5.32 Å². The summed E-state index contributed by atoms with van der Waals surface area (Å²) in [4.78, 5) is 14.0. The standard InChI is InChI=1S/C18H19ClN2O3/c1-21(12-18(22)20-15-5-3-14(19)4-6-15)11-13-2-7-16-17(10-13)24-9-8-23-16/h2-7,10H,8-9,11-12H2,1H3,(H,20,22). The molecule has 2 aromatic carbocycles. The van der Waals surface area contributed by atoms with Crippen LogP contribution >= 0.6 is 11.6 Å². The molecule has 5 nitrogen and oxygen atoms in total. The van der Waals surface area contributed by atoms with Crippen LogP contribution in [-0.4, -0.2) is 37.6 Å². The molecule has 0 fully saturated rings. The van der Waals surface area contributed by atoms with Gasteiger partial charge in [-0.05, 0) is 49.0 Å². The number of likely N-dealkylation sites (N-methyl/N-ethyl adjacent to an activating group) is 1. The molecule has 3 rings (SSSR count). The zero-order chi connectivity index (χ0) is 16.9. The number of nitrogens with zero attached hydrogens (tertiary/aromatic N) is 1. The van der Waals surface area contributed by atoms with Crippen molar-refractivity contribution in [2.45, 2.75) is 6.54 Å². The summed E-state index contributed by atoms with van der Waals surface area (Å²) < 4.78 is 11.1. The van der Waals surface area contributed by atoms with Crippen molar-refractivity contribution >= 4 is 23.2 Å². The summed E-state index contributed by atoms with van der Waals surface area (Å²) in [5.74, 6) is 1.46. The fourth-order valence-electron chi connectivity index (χ4n) is 2.53. The van der Waals surface area contributed by atoms with Crippen LogP contribution in [-0.2, 0) is 11.3 Å². The molecule has 2 aromatic rings. The third kappa shape index (κ3) is 4.40. The van der Waals surface area contributed by atoms with E-state index in [4.69, 9.17) is 21.1 Å². The summed E-state index contributed by atoms with van der Waals surface area (Å²) in [6.45, 7) is 2.08. The van der Waals surface area contributed by atoms with Crippen molar-refractivity contribution in [3.05, 3.63) is 53.1 Å². The number of hydrogen-bond acceptors (Lipinski definition) is 4. The summed E-state index contributed by atoms with van der Waals surface area (Å²) in [6, 6.07) is 12.9. The van der Waals surface area contributed by atoms with E-state index in [9.17, 15) is 4.79 Å². The number of carbonyl (C=O) groups excluding carboxylic acids is 1. The van der Waals surface area contributed by atoms with Gasteiger partial charge in [-0.15, -0.1) is 0 Å². The fraction of sp³-hybridized carbons (Fsp3) is 0.278. The van der Waals surface area contributed by atoms with Crippen molar-refractivity contribution in [1.29, 1.82) is 0 Å². The molecule has 0 atom stereocenters. The smallest absolute Gasteiger partial charge is 0.238 e. The third-order valence-electron chi connectivity index (χ3n) is 3.60. The number of halogens is 1. The maximum atomic E-state index is 12.1. The molecule has 1 N–H and O–H groups in total. The first-order valence-corrected chi connectivity index (χ1v) is 8.10. The summed E-state index contributed by atoms with van der Waals surface area (Å²) in [6.07, 6.45) is 0. The summed E-state index contributed by atoms with van der Waals surface area (Å²) in [5, 5.41) is 3.49. The highest BCUT2D eigenvalue weighted by Gasteiger charge is 2.13. The Morgan fingerprint density at radius 1 is 1.12 bits per heavy atom. The molecule has 0 aromatic heterocycles. The number of hydrogen-bond donors (Lipinski definition) is 1. The molecule has 126 valence electrons. The quantitative estimate of drug-likeness (QED) is 0.903. The molecule has 0 unspecified atom stereocenters. The molecule has 0 saturated carbocycles. The average molecular weight is 347 g/mol. The van der Waals surface area contributed by atoms with E-state index in [-0.39, 0.29) is 12.5 Å². The van der Waals surface area contributed by atoms with Crippen molar-refractivity contribution in [2.75, 3.05) is 32.1 Å². The van der Waals surface area contributed by atoms with Crippen molar-refractivity contribution in [3.63, 3.8) is 0 Å². The number of fused-ring (bicyclic) bond motifs is 1. The van der Waals surface area contributed by atoms with Crippen LogP contribution in [0, 0.1) is 0 Å². The molecular weight excluding hydrogens is 328 g/mol. The van der Waals surface area contributed by atoms with E-state index in [0.29, 0.717) is 24.8 Å². The zero-order valence-electron chi connectivity index (χ0n) is 13.4. The number of benzene rings is 2. The van der Waals surface area contributed by atoms with Crippen LogP contribution in [0.25, 0.3) is 0 Å². The number of anilines is 1. The number of ether oxygens (including phenoxy) is 2. The van der Waals surface area contributed by atoms with Crippen molar-refractivity contribution in [2.24, 2.45) is 0 Å². The van der Waals surface area contributed by atoms with Crippen LogP contribution in [0.4, 0.5) is 5.69 Å². The third-order valence-corrected chi connectivity index (χ3v) is 3.85. The monoisotopic (exact) mass is 346 g/mol. The number of rotatable bonds is 5. The SMILES string of the molecule is CN(CC(=O)Nc1ccc(Cl)cc1)Cc1ccc2c(c1)OCCO2. The van der Waals surface area contributed by atoms with Gasteiger partial charge in [0.05, 0.1) is 6.54 Å². The minimum Gasteiger partial charge on any atom is -0.486 e. The van der Waals surface area contributed by atoms with Crippen LogP contribution in [0.2, 0.25) is 5.02 Å². The first-order valence-electron chi connectivity index (χ1n) is 7.72. The minimum absolute atomic E-state index is 0.0719. The highest BCUT2D eigenvalue weighted by atomic mass is 35.5. The van der Waals surface area contributed by atoms with E-state index < -0.39 is 0 Å². The summed E-state index contributed by atoms with van der Waals surface area (Å²) in [7, 11) is 1.90. The van der Waals surface area contributed by atoms with Crippen LogP contribution in [0.3, 0.4) is 0 Å². The normalized spacial score (nSPS) is 13.0. The lowest BCUT2D eigenvalue weighted by Crippen LogP contribution is -2.29. The molecule has 1 heterocycles. The Bertz CT molecular complexity index is 719. The molecule has 0 radical (unpaired) electrons. The van der Waals surface area contributed by atoms with Crippen LogP contribution in [0.1, 0.15) is 5.56 Å². The summed E-state index contributed by atoms with van der Waals surface area (Å²) in [5.41, 5.74) is 1.80. The van der Waals surface area contributed by atoms with Gasteiger partial charge in [0.2, 0.25) is 5.91 Å². The van der Waals surface area contributed by atoms with E-state index in [0.717, 1.165) is 22.7 Å². The second-order valence-electron chi connectivity index (χ2n) is 5.71. The Labute approximate surface area is 146 Å². The van der Waals surface area contributed by atoms with Gasteiger partial charge in [0.1, 0.15) is 13.2 Å². The maximum Gasteiger partial charge on any atom is 0.238 e. The minimum atomic E-state index is -0.0719. The zero-order valence-corrected chi connectivity index (χ0v) is 14.2. The lowest BCUT2D eigenvalue weighted by atomic mass is 10.2. The Hall–Kier alpha value is -2.24. The Morgan fingerprint density at radius 3 is 2.58 bits per heavy atom. The predicted octanol–water partition coefficient (Wildman–Crippen LogP) is 3.18. The van der Waals surface area contributed by atoms with Gasteiger partial charge in [-0.2, -0.15) is 0 Å². The first-order chi connectivity index (χ1) is 11.6. The fourth-order valence-corrected chi connectivity index (χ4v) is 2.66. The van der Waals surface area contributed by atoms with Gasteiger partial charge in [0.25, 0.3) is 0 Å².